The molecule has 1 heterocycles. The van der Waals surface area contributed by atoms with Crippen molar-refractivity contribution in [1.29, 1.82) is 0 Å². The monoisotopic (exact) mass is 307 g/mol. The van der Waals surface area contributed by atoms with E-state index in [2.05, 4.69) is 10.1 Å². The fourth-order valence-electron chi connectivity index (χ4n) is 1.96. The maximum atomic E-state index is 12.4. The number of hydrogen-bond donors (Lipinski definition) is 0. The summed E-state index contributed by atoms with van der Waals surface area (Å²) in [6, 6.07) is 3.65. The SMILES string of the molecule is Cc1nc(CCN(C)C(=O)c2cc(C)c(C)cc2Cl)no1. The smallest absolute Gasteiger partial charge is 0.255 e. The molecule has 112 valence electrons. The number of benzene rings is 1. The molecule has 0 aliphatic rings. The average molecular weight is 308 g/mol. The Morgan fingerprint density at radius 2 is 1.95 bits per heavy atom. The predicted octanol–water partition coefficient (Wildman–Crippen LogP) is 2.96. The van der Waals surface area contributed by atoms with Gasteiger partial charge < -0.3 is 9.42 Å². The molecule has 0 aliphatic carbocycles. The zero-order valence-corrected chi connectivity index (χ0v) is 13.4. The minimum atomic E-state index is -0.108. The molecule has 2 rings (SSSR count). The van der Waals surface area contributed by atoms with Gasteiger partial charge in [0.1, 0.15) is 0 Å². The van der Waals surface area contributed by atoms with E-state index in [1.807, 2.05) is 26.0 Å². The van der Waals surface area contributed by atoms with E-state index in [9.17, 15) is 4.79 Å². The van der Waals surface area contributed by atoms with Crippen LogP contribution in [0.2, 0.25) is 5.02 Å². The van der Waals surface area contributed by atoms with Gasteiger partial charge in [-0.05, 0) is 37.1 Å². The molecule has 1 amide bonds. The Bertz CT molecular complexity index is 667. The molecule has 0 unspecified atom stereocenters. The number of aromatic nitrogens is 2. The van der Waals surface area contributed by atoms with Crippen LogP contribution < -0.4 is 0 Å². The second kappa shape index (κ2) is 6.26. The molecule has 1 aromatic carbocycles. The van der Waals surface area contributed by atoms with Gasteiger partial charge in [0.05, 0.1) is 10.6 Å². The fraction of sp³-hybridized carbons (Fsp3) is 0.400. The Morgan fingerprint density at radius 3 is 2.57 bits per heavy atom. The number of carbonyl (C=O) groups excluding carboxylic acids is 1. The molecule has 0 spiro atoms. The van der Waals surface area contributed by atoms with Crippen molar-refractivity contribution in [2.45, 2.75) is 27.2 Å². The van der Waals surface area contributed by atoms with Crippen molar-refractivity contribution in [2.75, 3.05) is 13.6 Å². The minimum Gasteiger partial charge on any atom is -0.341 e. The highest BCUT2D eigenvalue weighted by Gasteiger charge is 2.17. The molecule has 21 heavy (non-hydrogen) atoms. The number of carbonyl (C=O) groups is 1. The van der Waals surface area contributed by atoms with Crippen LogP contribution in [0, 0.1) is 20.8 Å². The van der Waals surface area contributed by atoms with Crippen LogP contribution in [0.5, 0.6) is 0 Å². The van der Waals surface area contributed by atoms with E-state index < -0.39 is 0 Å². The molecule has 2 aromatic rings. The summed E-state index contributed by atoms with van der Waals surface area (Å²) in [5.41, 5.74) is 2.64. The summed E-state index contributed by atoms with van der Waals surface area (Å²) < 4.78 is 4.90. The number of hydrogen-bond acceptors (Lipinski definition) is 4. The topological polar surface area (TPSA) is 59.2 Å². The predicted molar refractivity (Wildman–Crippen MR) is 80.6 cm³/mol. The minimum absolute atomic E-state index is 0.108. The number of rotatable bonds is 4. The first kappa shape index (κ1) is 15.5. The van der Waals surface area contributed by atoms with Gasteiger partial charge >= 0.3 is 0 Å². The third-order valence-electron chi connectivity index (χ3n) is 3.40. The zero-order valence-electron chi connectivity index (χ0n) is 12.6. The largest absolute Gasteiger partial charge is 0.341 e. The van der Waals surface area contributed by atoms with Crippen LogP contribution in [0.15, 0.2) is 16.7 Å². The maximum absolute atomic E-state index is 12.4. The molecular weight excluding hydrogens is 290 g/mol. The Hall–Kier alpha value is -1.88. The first-order valence-electron chi connectivity index (χ1n) is 6.70. The van der Waals surface area contributed by atoms with Crippen LogP contribution in [0.25, 0.3) is 0 Å². The van der Waals surface area contributed by atoms with Crippen LogP contribution in [-0.2, 0) is 6.42 Å². The third kappa shape index (κ3) is 3.61. The number of aryl methyl sites for hydroxylation is 3. The van der Waals surface area contributed by atoms with Crippen molar-refractivity contribution in [2.24, 2.45) is 0 Å². The van der Waals surface area contributed by atoms with E-state index in [0.29, 0.717) is 35.3 Å². The third-order valence-corrected chi connectivity index (χ3v) is 3.71. The van der Waals surface area contributed by atoms with E-state index in [1.54, 1.807) is 18.9 Å². The summed E-state index contributed by atoms with van der Waals surface area (Å²) in [6.45, 7) is 6.17. The van der Waals surface area contributed by atoms with E-state index in [0.717, 1.165) is 11.1 Å². The lowest BCUT2D eigenvalue weighted by Crippen LogP contribution is -2.29. The van der Waals surface area contributed by atoms with Crippen LogP contribution in [0.1, 0.15) is 33.2 Å². The average Bonchev–Trinajstić information content (AvgIpc) is 2.85. The van der Waals surface area contributed by atoms with E-state index in [1.165, 1.54) is 0 Å². The lowest BCUT2D eigenvalue weighted by molar-refractivity contribution is 0.0796. The van der Waals surface area contributed by atoms with E-state index in [4.69, 9.17) is 16.1 Å². The molecule has 0 fully saturated rings. The quantitative estimate of drug-likeness (QED) is 0.871. The zero-order chi connectivity index (χ0) is 15.6. The molecule has 5 nitrogen and oxygen atoms in total. The highest BCUT2D eigenvalue weighted by molar-refractivity contribution is 6.33. The summed E-state index contributed by atoms with van der Waals surface area (Å²) in [5.74, 6) is 1.01. The Morgan fingerprint density at radius 1 is 1.29 bits per heavy atom. The molecule has 0 aliphatic heterocycles. The lowest BCUT2D eigenvalue weighted by Gasteiger charge is -2.18. The van der Waals surface area contributed by atoms with Gasteiger partial charge in [0.15, 0.2) is 5.82 Å². The molecule has 0 N–H and O–H groups in total. The van der Waals surface area contributed by atoms with Gasteiger partial charge in [0.2, 0.25) is 5.89 Å². The summed E-state index contributed by atoms with van der Waals surface area (Å²) in [6.07, 6.45) is 0.544. The first-order chi connectivity index (χ1) is 9.88. The van der Waals surface area contributed by atoms with Crippen molar-refractivity contribution >= 4 is 17.5 Å². The van der Waals surface area contributed by atoms with Gasteiger partial charge in [-0.2, -0.15) is 4.98 Å². The maximum Gasteiger partial charge on any atom is 0.255 e. The van der Waals surface area contributed by atoms with Crippen LogP contribution in [0.3, 0.4) is 0 Å². The van der Waals surface area contributed by atoms with Gasteiger partial charge in [-0.3, -0.25) is 4.79 Å². The summed E-state index contributed by atoms with van der Waals surface area (Å²) in [7, 11) is 1.74. The van der Waals surface area contributed by atoms with Crippen molar-refractivity contribution in [3.63, 3.8) is 0 Å². The normalized spacial score (nSPS) is 10.7. The van der Waals surface area contributed by atoms with Crippen molar-refractivity contribution in [3.05, 3.63) is 45.6 Å². The molecular formula is C15H18ClN3O2. The molecule has 1 aromatic heterocycles. The van der Waals surface area contributed by atoms with E-state index >= 15 is 0 Å². The fourth-order valence-corrected chi connectivity index (χ4v) is 2.26. The molecule has 0 saturated carbocycles. The van der Waals surface area contributed by atoms with Crippen LogP contribution in [-0.4, -0.2) is 34.5 Å². The Kier molecular flexibility index (Phi) is 4.63. The second-order valence-corrected chi connectivity index (χ2v) is 5.53. The first-order valence-corrected chi connectivity index (χ1v) is 7.07. The molecule has 0 atom stereocenters. The summed E-state index contributed by atoms with van der Waals surface area (Å²) >= 11 is 6.17. The van der Waals surface area contributed by atoms with Gasteiger partial charge in [-0.1, -0.05) is 16.8 Å². The molecule has 0 radical (unpaired) electrons. The van der Waals surface area contributed by atoms with Gasteiger partial charge in [-0.15, -0.1) is 0 Å². The highest BCUT2D eigenvalue weighted by Crippen LogP contribution is 2.22. The molecule has 0 bridgehead atoms. The summed E-state index contributed by atoms with van der Waals surface area (Å²) in [4.78, 5) is 18.2. The number of halogens is 1. The van der Waals surface area contributed by atoms with Gasteiger partial charge in [0.25, 0.3) is 5.91 Å². The highest BCUT2D eigenvalue weighted by atomic mass is 35.5. The van der Waals surface area contributed by atoms with E-state index in [-0.39, 0.29) is 5.91 Å². The number of likely N-dealkylation sites (N-methyl/N-ethyl adjacent to an activating group) is 1. The molecule has 0 saturated heterocycles. The molecule has 6 heteroatoms. The second-order valence-electron chi connectivity index (χ2n) is 5.12. The Balaban J connectivity index is 2.07. The Labute approximate surface area is 128 Å². The van der Waals surface area contributed by atoms with Gasteiger partial charge in [-0.25, -0.2) is 0 Å². The lowest BCUT2D eigenvalue weighted by atomic mass is 10.1. The number of amides is 1. The van der Waals surface area contributed by atoms with Crippen molar-refractivity contribution in [3.8, 4) is 0 Å². The van der Waals surface area contributed by atoms with Crippen LogP contribution in [0.4, 0.5) is 0 Å². The number of nitrogens with zero attached hydrogens (tertiary/aromatic N) is 3. The van der Waals surface area contributed by atoms with Crippen molar-refractivity contribution in [1.82, 2.24) is 15.0 Å². The van der Waals surface area contributed by atoms with Gasteiger partial charge in [0, 0.05) is 26.9 Å². The summed E-state index contributed by atoms with van der Waals surface area (Å²) in [5, 5.41) is 4.29. The standard InChI is InChI=1S/C15H18ClN3O2/c1-9-7-12(13(16)8-10(9)2)15(20)19(4)6-5-14-17-11(3)21-18-14/h7-8H,5-6H2,1-4H3. The van der Waals surface area contributed by atoms with Crippen molar-refractivity contribution < 1.29 is 9.32 Å². The van der Waals surface area contributed by atoms with Crippen LogP contribution >= 0.6 is 11.6 Å².